The zero-order valence-electron chi connectivity index (χ0n) is 12.3. The van der Waals surface area contributed by atoms with Gasteiger partial charge < -0.3 is 14.5 Å². The lowest BCUT2D eigenvalue weighted by Gasteiger charge is -2.29. The summed E-state index contributed by atoms with van der Waals surface area (Å²) in [4.78, 5) is 11.5. The molecule has 1 aliphatic heterocycles. The lowest BCUT2D eigenvalue weighted by Crippen LogP contribution is -2.48. The number of nitrogens with one attached hydrogen (secondary N) is 2. The average molecular weight is 316 g/mol. The summed E-state index contributed by atoms with van der Waals surface area (Å²) in [5.74, 6) is -0.210. The molecule has 1 fully saturated rings. The fraction of sp³-hybridized carbons (Fsp3) is 0.615. The molecule has 2 N–H and O–H groups in total. The Balaban J connectivity index is 2.21. The third kappa shape index (κ3) is 3.45. The van der Waals surface area contributed by atoms with Gasteiger partial charge in [-0.15, -0.1) is 0 Å². The first-order valence-corrected chi connectivity index (χ1v) is 8.25. The van der Waals surface area contributed by atoms with Gasteiger partial charge in [-0.2, -0.15) is 0 Å². The van der Waals surface area contributed by atoms with Gasteiger partial charge >= 0.3 is 5.97 Å². The van der Waals surface area contributed by atoms with E-state index in [4.69, 9.17) is 4.42 Å². The van der Waals surface area contributed by atoms with Gasteiger partial charge in [-0.3, -0.25) is 0 Å². The first kappa shape index (κ1) is 16.0. The third-order valence-corrected chi connectivity index (χ3v) is 5.00. The predicted octanol–water partition coefficient (Wildman–Crippen LogP) is 0.651. The van der Waals surface area contributed by atoms with Gasteiger partial charge in [-0.1, -0.05) is 6.92 Å². The first-order valence-electron chi connectivity index (χ1n) is 6.77. The van der Waals surface area contributed by atoms with Crippen molar-refractivity contribution >= 4 is 16.0 Å². The zero-order valence-corrected chi connectivity index (χ0v) is 13.1. The largest absolute Gasteiger partial charge is 0.465 e. The summed E-state index contributed by atoms with van der Waals surface area (Å²) in [5.41, 5.74) is 0.122. The molecule has 1 aromatic rings. The number of ether oxygens (including phenoxy) is 1. The van der Waals surface area contributed by atoms with Gasteiger partial charge in [-0.05, 0) is 32.4 Å². The molecule has 0 amide bonds. The maximum Gasteiger partial charge on any atom is 0.341 e. The highest BCUT2D eigenvalue weighted by atomic mass is 32.2. The number of carbonyl (C=O) groups excluding carboxylic acids is 1. The van der Waals surface area contributed by atoms with E-state index in [-0.39, 0.29) is 28.4 Å². The topological polar surface area (TPSA) is 97.6 Å². The van der Waals surface area contributed by atoms with E-state index >= 15 is 0 Å². The first-order chi connectivity index (χ1) is 9.85. The van der Waals surface area contributed by atoms with Crippen LogP contribution >= 0.6 is 0 Å². The molecule has 1 aliphatic rings. The lowest BCUT2D eigenvalue weighted by molar-refractivity contribution is 0.0599. The van der Waals surface area contributed by atoms with Crippen molar-refractivity contribution in [3.8, 4) is 0 Å². The van der Waals surface area contributed by atoms with Crippen LogP contribution in [-0.4, -0.2) is 40.6 Å². The zero-order chi connectivity index (χ0) is 15.6. The molecule has 8 heteroatoms. The predicted molar refractivity (Wildman–Crippen MR) is 75.5 cm³/mol. The quantitative estimate of drug-likeness (QED) is 0.792. The van der Waals surface area contributed by atoms with Crippen molar-refractivity contribution < 1.29 is 22.4 Å². The van der Waals surface area contributed by atoms with Crippen LogP contribution in [0.15, 0.2) is 15.6 Å². The minimum atomic E-state index is -3.79. The molecule has 21 heavy (non-hydrogen) atoms. The van der Waals surface area contributed by atoms with Gasteiger partial charge in [-0.25, -0.2) is 17.9 Å². The minimum Gasteiger partial charge on any atom is -0.465 e. The summed E-state index contributed by atoms with van der Waals surface area (Å²) in [5, 5.41) is 2.95. The van der Waals surface area contributed by atoms with Gasteiger partial charge in [0.15, 0.2) is 0 Å². The van der Waals surface area contributed by atoms with Crippen molar-refractivity contribution in [2.45, 2.75) is 31.4 Å². The number of esters is 1. The Morgan fingerprint density at radius 3 is 2.86 bits per heavy atom. The van der Waals surface area contributed by atoms with Crippen molar-refractivity contribution in [1.29, 1.82) is 0 Å². The van der Waals surface area contributed by atoms with E-state index in [9.17, 15) is 13.2 Å². The van der Waals surface area contributed by atoms with Crippen LogP contribution < -0.4 is 10.0 Å². The Kier molecular flexibility index (Phi) is 4.70. The number of aryl methyl sites for hydroxylation is 1. The molecule has 2 rings (SSSR count). The number of furan rings is 1. The fourth-order valence-corrected chi connectivity index (χ4v) is 3.72. The molecule has 0 bridgehead atoms. The van der Waals surface area contributed by atoms with Crippen molar-refractivity contribution in [1.82, 2.24) is 10.0 Å². The average Bonchev–Trinajstić information content (AvgIpc) is 2.83. The van der Waals surface area contributed by atoms with Crippen molar-refractivity contribution in [2.24, 2.45) is 5.92 Å². The second-order valence-corrected chi connectivity index (χ2v) is 6.87. The number of methoxy groups -OCH3 is 1. The molecule has 0 aromatic carbocycles. The van der Waals surface area contributed by atoms with Crippen molar-refractivity contribution in [2.75, 3.05) is 20.2 Å². The SMILES string of the molecule is COC(=O)c1cc(S(=O)(=O)NC2CCNCC2C)oc1C. The smallest absolute Gasteiger partial charge is 0.341 e. The van der Waals surface area contributed by atoms with Crippen LogP contribution in [0.5, 0.6) is 0 Å². The standard InChI is InChI=1S/C13H20N2O5S/c1-8-7-14-5-4-11(8)15-21(17,18)12-6-10(9(2)20-12)13(16)19-3/h6,8,11,14-15H,4-5,7H2,1-3H3. The normalized spacial score (nSPS) is 23.0. The summed E-state index contributed by atoms with van der Waals surface area (Å²) in [6.45, 7) is 5.03. The lowest BCUT2D eigenvalue weighted by atomic mass is 9.97. The molecular weight excluding hydrogens is 296 g/mol. The molecule has 0 spiro atoms. The summed E-state index contributed by atoms with van der Waals surface area (Å²) in [7, 11) is -2.55. The van der Waals surface area contributed by atoms with E-state index in [0.717, 1.165) is 13.1 Å². The van der Waals surface area contributed by atoms with E-state index in [2.05, 4.69) is 14.8 Å². The second-order valence-electron chi connectivity index (χ2n) is 5.22. The summed E-state index contributed by atoms with van der Waals surface area (Å²) >= 11 is 0. The van der Waals surface area contributed by atoms with Crippen LogP contribution in [0.1, 0.15) is 29.5 Å². The van der Waals surface area contributed by atoms with E-state index in [1.807, 2.05) is 6.92 Å². The molecule has 0 radical (unpaired) electrons. The van der Waals surface area contributed by atoms with Crippen LogP contribution in [0.2, 0.25) is 0 Å². The van der Waals surface area contributed by atoms with E-state index in [1.54, 1.807) is 0 Å². The van der Waals surface area contributed by atoms with E-state index < -0.39 is 16.0 Å². The molecule has 1 aromatic heterocycles. The molecule has 0 saturated carbocycles. The molecule has 1 saturated heterocycles. The molecule has 7 nitrogen and oxygen atoms in total. The van der Waals surface area contributed by atoms with Crippen LogP contribution in [-0.2, 0) is 14.8 Å². The highest BCUT2D eigenvalue weighted by Crippen LogP contribution is 2.21. The van der Waals surface area contributed by atoms with Crippen LogP contribution in [0.25, 0.3) is 0 Å². The fourth-order valence-electron chi connectivity index (χ4n) is 2.35. The molecule has 0 aliphatic carbocycles. The molecule has 2 unspecified atom stereocenters. The van der Waals surface area contributed by atoms with Crippen molar-refractivity contribution in [3.63, 3.8) is 0 Å². The Hall–Kier alpha value is -1.38. The molecule has 118 valence electrons. The molecule has 2 heterocycles. The summed E-state index contributed by atoms with van der Waals surface area (Å²) in [6, 6.07) is 1.05. The van der Waals surface area contributed by atoms with Gasteiger partial charge in [0, 0.05) is 12.1 Å². The Bertz CT molecular complexity index is 623. The number of piperidine rings is 1. The summed E-state index contributed by atoms with van der Waals surface area (Å²) in [6.07, 6.45) is 0.712. The van der Waals surface area contributed by atoms with Crippen molar-refractivity contribution in [3.05, 3.63) is 17.4 Å². The number of carbonyl (C=O) groups is 1. The molecule has 2 atom stereocenters. The monoisotopic (exact) mass is 316 g/mol. The van der Waals surface area contributed by atoms with Crippen LogP contribution in [0.4, 0.5) is 0 Å². The number of sulfonamides is 1. The molecular formula is C13H20N2O5S. The maximum atomic E-state index is 12.3. The minimum absolute atomic E-state index is 0.122. The highest BCUT2D eigenvalue weighted by molar-refractivity contribution is 7.89. The van der Waals surface area contributed by atoms with Gasteiger partial charge in [0.25, 0.3) is 10.0 Å². The highest BCUT2D eigenvalue weighted by Gasteiger charge is 2.30. The van der Waals surface area contributed by atoms with Gasteiger partial charge in [0.2, 0.25) is 5.09 Å². The van der Waals surface area contributed by atoms with Crippen LogP contribution in [0, 0.1) is 12.8 Å². The Labute approximate surface area is 124 Å². The maximum absolute atomic E-state index is 12.3. The second kappa shape index (κ2) is 6.17. The number of rotatable bonds is 4. The Morgan fingerprint density at radius 1 is 1.52 bits per heavy atom. The van der Waals surface area contributed by atoms with E-state index in [0.29, 0.717) is 6.42 Å². The third-order valence-electron chi connectivity index (χ3n) is 3.66. The number of hydrogen-bond donors (Lipinski definition) is 2. The van der Waals surface area contributed by atoms with E-state index in [1.165, 1.54) is 20.1 Å². The number of hydrogen-bond acceptors (Lipinski definition) is 6. The van der Waals surface area contributed by atoms with Gasteiger partial charge in [0.1, 0.15) is 11.3 Å². The summed E-state index contributed by atoms with van der Waals surface area (Å²) < 4.78 is 37.1. The van der Waals surface area contributed by atoms with Gasteiger partial charge in [0.05, 0.1) is 7.11 Å². The van der Waals surface area contributed by atoms with Crippen LogP contribution in [0.3, 0.4) is 0 Å². The Morgan fingerprint density at radius 2 is 2.24 bits per heavy atom.